The molecule has 1 amide bonds. The molecule has 0 spiro atoms. The van der Waals surface area contributed by atoms with Crippen molar-refractivity contribution in [2.24, 2.45) is 5.92 Å². The van der Waals surface area contributed by atoms with Gasteiger partial charge in [0.05, 0.1) is 18.9 Å². The van der Waals surface area contributed by atoms with E-state index in [2.05, 4.69) is 10.3 Å². The summed E-state index contributed by atoms with van der Waals surface area (Å²) in [4.78, 5) is 16.2. The molecule has 0 aliphatic carbocycles. The summed E-state index contributed by atoms with van der Waals surface area (Å²) in [6.45, 7) is 0. The first kappa shape index (κ1) is 14.5. The quantitative estimate of drug-likeness (QED) is 0.913. The van der Waals surface area contributed by atoms with Crippen LogP contribution >= 0.6 is 0 Å². The molecule has 2 rings (SSSR count). The Morgan fingerprint density at radius 1 is 1.38 bits per heavy atom. The minimum absolute atomic E-state index is 0.325. The molecule has 106 valence electrons. The van der Waals surface area contributed by atoms with Gasteiger partial charge in [-0.15, -0.1) is 0 Å². The van der Waals surface area contributed by atoms with Gasteiger partial charge in [-0.3, -0.25) is 9.78 Å². The molecule has 1 atom stereocenters. The predicted molar refractivity (Wildman–Crippen MR) is 78.7 cm³/mol. The Kier molecular flexibility index (Phi) is 4.89. The summed E-state index contributed by atoms with van der Waals surface area (Å²) < 4.78 is 5.17. The number of amides is 1. The molecule has 0 saturated heterocycles. The van der Waals surface area contributed by atoms with Crippen LogP contribution in [0.5, 0.6) is 5.75 Å². The van der Waals surface area contributed by atoms with E-state index in [9.17, 15) is 10.1 Å². The predicted octanol–water partition coefficient (Wildman–Crippen LogP) is 2.41. The smallest absolute Gasteiger partial charge is 0.242 e. The van der Waals surface area contributed by atoms with Gasteiger partial charge in [-0.05, 0) is 30.2 Å². The topological polar surface area (TPSA) is 75.0 Å². The Bertz CT molecular complexity index is 650. The minimum atomic E-state index is -0.779. The number of rotatable bonds is 5. The number of carbonyl (C=O) groups is 1. The van der Waals surface area contributed by atoms with E-state index in [1.807, 2.05) is 18.2 Å². The number of anilines is 1. The van der Waals surface area contributed by atoms with Crippen molar-refractivity contribution >= 4 is 11.6 Å². The number of nitrogens with zero attached hydrogens (tertiary/aromatic N) is 2. The van der Waals surface area contributed by atoms with E-state index >= 15 is 0 Å². The monoisotopic (exact) mass is 281 g/mol. The fourth-order valence-electron chi connectivity index (χ4n) is 1.92. The number of carbonyl (C=O) groups excluding carboxylic acids is 1. The summed E-state index contributed by atoms with van der Waals surface area (Å²) >= 11 is 0. The van der Waals surface area contributed by atoms with Crippen LogP contribution in [0.15, 0.2) is 48.8 Å². The summed E-state index contributed by atoms with van der Waals surface area (Å²) in [5.41, 5.74) is 1.40. The standard InChI is InChI=1S/C16H15N3O2/c1-21-15-7-3-2-6-14(15)19-16(20)13(10-17)9-12-5-4-8-18-11-12/h2-8,11,13H,9H2,1H3,(H,19,20). The lowest BCUT2D eigenvalue weighted by Crippen LogP contribution is -2.23. The summed E-state index contributed by atoms with van der Waals surface area (Å²) in [5, 5.41) is 11.9. The molecule has 21 heavy (non-hydrogen) atoms. The van der Waals surface area contributed by atoms with Crippen LogP contribution in [0.25, 0.3) is 0 Å². The number of benzene rings is 1. The third-order valence-electron chi connectivity index (χ3n) is 3.00. The minimum Gasteiger partial charge on any atom is -0.495 e. The zero-order valence-electron chi connectivity index (χ0n) is 11.6. The van der Waals surface area contributed by atoms with E-state index in [-0.39, 0.29) is 5.91 Å². The van der Waals surface area contributed by atoms with Crippen LogP contribution in [0.1, 0.15) is 5.56 Å². The van der Waals surface area contributed by atoms with Crippen LogP contribution < -0.4 is 10.1 Å². The molecule has 0 bridgehead atoms. The molecule has 5 heteroatoms. The van der Waals surface area contributed by atoms with Gasteiger partial charge in [0.15, 0.2) is 0 Å². The van der Waals surface area contributed by atoms with Crippen LogP contribution in [0, 0.1) is 17.2 Å². The summed E-state index contributed by atoms with van der Waals surface area (Å²) in [6.07, 6.45) is 3.63. The highest BCUT2D eigenvalue weighted by molar-refractivity contribution is 5.95. The maximum Gasteiger partial charge on any atom is 0.242 e. The molecule has 0 aliphatic rings. The van der Waals surface area contributed by atoms with Crippen LogP contribution in [0.3, 0.4) is 0 Å². The zero-order valence-corrected chi connectivity index (χ0v) is 11.6. The second kappa shape index (κ2) is 7.06. The lowest BCUT2D eigenvalue weighted by molar-refractivity contribution is -0.118. The third-order valence-corrected chi connectivity index (χ3v) is 3.00. The van der Waals surface area contributed by atoms with Gasteiger partial charge >= 0.3 is 0 Å². The van der Waals surface area contributed by atoms with Crippen molar-refractivity contribution in [2.45, 2.75) is 6.42 Å². The number of nitriles is 1. The summed E-state index contributed by atoms with van der Waals surface area (Å²) in [6, 6.07) is 12.7. The number of aromatic nitrogens is 1. The normalized spacial score (nSPS) is 11.2. The molecule has 5 nitrogen and oxygen atoms in total. The maximum atomic E-state index is 12.2. The van der Waals surface area contributed by atoms with Crippen LogP contribution in [0.2, 0.25) is 0 Å². The molecule has 1 aromatic heterocycles. The largest absolute Gasteiger partial charge is 0.495 e. The number of methoxy groups -OCH3 is 1. The second-order valence-corrected chi connectivity index (χ2v) is 4.44. The molecule has 0 aliphatic heterocycles. The van der Waals surface area contributed by atoms with E-state index in [1.165, 1.54) is 7.11 Å². The fraction of sp³-hybridized carbons (Fsp3) is 0.188. The number of para-hydroxylation sites is 2. The van der Waals surface area contributed by atoms with Gasteiger partial charge in [0.25, 0.3) is 0 Å². The van der Waals surface area contributed by atoms with Crippen molar-refractivity contribution in [3.63, 3.8) is 0 Å². The van der Waals surface area contributed by atoms with Gasteiger partial charge in [0.1, 0.15) is 11.7 Å². The number of hydrogen-bond donors (Lipinski definition) is 1. The van der Waals surface area contributed by atoms with E-state index in [1.54, 1.807) is 36.7 Å². The average Bonchev–Trinajstić information content (AvgIpc) is 2.54. The molecule has 1 heterocycles. The van der Waals surface area contributed by atoms with Gasteiger partial charge in [0.2, 0.25) is 5.91 Å². The lowest BCUT2D eigenvalue weighted by Gasteiger charge is -2.12. The SMILES string of the molecule is COc1ccccc1NC(=O)C(C#N)Cc1cccnc1. The highest BCUT2D eigenvalue weighted by Crippen LogP contribution is 2.23. The molecular formula is C16H15N3O2. The molecule has 1 unspecified atom stereocenters. The molecule has 2 aromatic rings. The van der Waals surface area contributed by atoms with Gasteiger partial charge in [0, 0.05) is 12.4 Å². The lowest BCUT2D eigenvalue weighted by atomic mass is 10.0. The number of ether oxygens (including phenoxy) is 1. The van der Waals surface area contributed by atoms with Crippen molar-refractivity contribution in [3.8, 4) is 11.8 Å². The van der Waals surface area contributed by atoms with Gasteiger partial charge in [-0.2, -0.15) is 5.26 Å². The highest BCUT2D eigenvalue weighted by atomic mass is 16.5. The van der Waals surface area contributed by atoms with Crippen molar-refractivity contribution in [2.75, 3.05) is 12.4 Å². The van der Waals surface area contributed by atoms with Crippen LogP contribution in [-0.2, 0) is 11.2 Å². The number of nitrogens with one attached hydrogen (secondary N) is 1. The Labute approximate surface area is 123 Å². The first-order valence-electron chi connectivity index (χ1n) is 6.47. The fourth-order valence-corrected chi connectivity index (χ4v) is 1.92. The van der Waals surface area contributed by atoms with Crippen LogP contribution in [0.4, 0.5) is 5.69 Å². The number of hydrogen-bond acceptors (Lipinski definition) is 4. The van der Waals surface area contributed by atoms with Crippen LogP contribution in [-0.4, -0.2) is 18.0 Å². The average molecular weight is 281 g/mol. The summed E-state index contributed by atoms with van der Waals surface area (Å²) in [5.74, 6) is -0.575. The first-order chi connectivity index (χ1) is 10.2. The van der Waals surface area contributed by atoms with E-state index < -0.39 is 5.92 Å². The van der Waals surface area contributed by atoms with E-state index in [0.29, 0.717) is 17.9 Å². The first-order valence-corrected chi connectivity index (χ1v) is 6.47. The van der Waals surface area contributed by atoms with E-state index in [0.717, 1.165) is 5.56 Å². The molecule has 0 saturated carbocycles. The molecule has 0 fully saturated rings. The van der Waals surface area contributed by atoms with Crippen molar-refractivity contribution in [3.05, 3.63) is 54.4 Å². The Balaban J connectivity index is 2.09. The Morgan fingerprint density at radius 3 is 2.86 bits per heavy atom. The highest BCUT2D eigenvalue weighted by Gasteiger charge is 2.19. The van der Waals surface area contributed by atoms with Gasteiger partial charge < -0.3 is 10.1 Å². The molecular weight excluding hydrogens is 266 g/mol. The Morgan fingerprint density at radius 2 is 2.19 bits per heavy atom. The molecule has 1 N–H and O–H groups in total. The molecule has 0 radical (unpaired) electrons. The zero-order chi connectivity index (χ0) is 15.1. The van der Waals surface area contributed by atoms with Crippen molar-refractivity contribution < 1.29 is 9.53 Å². The third kappa shape index (κ3) is 3.80. The maximum absolute atomic E-state index is 12.2. The number of pyridine rings is 1. The van der Waals surface area contributed by atoms with Gasteiger partial charge in [-0.25, -0.2) is 0 Å². The van der Waals surface area contributed by atoms with E-state index in [4.69, 9.17) is 4.74 Å². The van der Waals surface area contributed by atoms with Crippen molar-refractivity contribution in [1.82, 2.24) is 4.98 Å². The van der Waals surface area contributed by atoms with Gasteiger partial charge in [-0.1, -0.05) is 18.2 Å². The Hall–Kier alpha value is -2.87. The van der Waals surface area contributed by atoms with Crippen molar-refractivity contribution in [1.29, 1.82) is 5.26 Å². The second-order valence-electron chi connectivity index (χ2n) is 4.44. The molecule has 1 aromatic carbocycles. The summed E-state index contributed by atoms with van der Waals surface area (Å²) in [7, 11) is 1.53.